The van der Waals surface area contributed by atoms with Gasteiger partial charge in [0.2, 0.25) is 11.2 Å². The first-order valence-electron chi connectivity index (χ1n) is 12.5. The number of fused-ring (bicyclic) bond motifs is 1. The van der Waals surface area contributed by atoms with Crippen LogP contribution in [0.2, 0.25) is 0 Å². The Kier molecular flexibility index (Phi) is 7.07. The van der Waals surface area contributed by atoms with Crippen LogP contribution >= 0.6 is 11.8 Å². The van der Waals surface area contributed by atoms with Crippen molar-refractivity contribution in [2.45, 2.75) is 0 Å². The Balaban J connectivity index is 1.21. The van der Waals surface area contributed by atoms with Crippen LogP contribution in [-0.4, -0.2) is 54.3 Å². The van der Waals surface area contributed by atoms with E-state index >= 15 is 0 Å². The Morgan fingerprint density at radius 3 is 2.64 bits per heavy atom. The number of anilines is 2. The Morgan fingerprint density at radius 1 is 1.03 bits per heavy atom. The molecule has 3 aromatic carbocycles. The molecule has 0 aliphatic carbocycles. The van der Waals surface area contributed by atoms with Crippen molar-refractivity contribution in [3.8, 4) is 0 Å². The van der Waals surface area contributed by atoms with E-state index in [9.17, 15) is 9.59 Å². The Bertz CT molecular complexity index is 1570. The molecule has 196 valence electrons. The van der Waals surface area contributed by atoms with Gasteiger partial charge in [-0.25, -0.2) is 4.99 Å². The van der Waals surface area contributed by atoms with Gasteiger partial charge in [-0.15, -0.1) is 5.01 Å². The summed E-state index contributed by atoms with van der Waals surface area (Å²) in [5.41, 5.74) is 1.88. The van der Waals surface area contributed by atoms with Gasteiger partial charge in [-0.2, -0.15) is 0 Å². The van der Waals surface area contributed by atoms with E-state index in [1.165, 1.54) is 16.7 Å². The molecule has 1 saturated heterocycles. The van der Waals surface area contributed by atoms with Crippen molar-refractivity contribution in [1.29, 1.82) is 0 Å². The van der Waals surface area contributed by atoms with E-state index < -0.39 is 0 Å². The number of rotatable bonds is 6. The minimum atomic E-state index is -0.306. The zero-order chi connectivity index (χ0) is 26.6. The quantitative estimate of drug-likeness (QED) is 0.295. The smallest absolute Gasteiger partial charge is 0.305 e. The van der Waals surface area contributed by atoms with Gasteiger partial charge in [-0.1, -0.05) is 72.4 Å². The zero-order valence-electron chi connectivity index (χ0n) is 20.9. The molecule has 2 aliphatic heterocycles. The summed E-state index contributed by atoms with van der Waals surface area (Å²) in [6.07, 6.45) is 3.42. The molecule has 0 saturated carbocycles. The van der Waals surface area contributed by atoms with Crippen LogP contribution in [0.5, 0.6) is 0 Å². The molecule has 0 spiro atoms. The highest BCUT2D eigenvalue weighted by atomic mass is 32.2. The number of hydrogen-bond acceptors (Lipinski definition) is 8. The van der Waals surface area contributed by atoms with Gasteiger partial charge in [-0.05, 0) is 34.5 Å². The lowest BCUT2D eigenvalue weighted by molar-refractivity contribution is -0.759. The maximum Gasteiger partial charge on any atom is 0.305 e. The number of hydrogen-bond donors (Lipinski definition) is 1. The molecule has 11 heteroatoms. The fraction of sp³-hybridized carbons (Fsp3) is 0.179. The minimum absolute atomic E-state index is 0.0231. The van der Waals surface area contributed by atoms with Gasteiger partial charge in [0.1, 0.15) is 5.70 Å². The first kappa shape index (κ1) is 24.8. The van der Waals surface area contributed by atoms with Crippen LogP contribution in [0, 0.1) is 0 Å². The summed E-state index contributed by atoms with van der Waals surface area (Å²) in [6.45, 7) is 2.57. The third-order valence-corrected chi connectivity index (χ3v) is 7.23. The molecule has 2 amide bonds. The fourth-order valence-electron chi connectivity index (χ4n) is 4.41. The van der Waals surface area contributed by atoms with Gasteiger partial charge in [0.25, 0.3) is 12.1 Å². The zero-order valence-corrected chi connectivity index (χ0v) is 21.7. The van der Waals surface area contributed by atoms with E-state index in [4.69, 9.17) is 9.26 Å². The number of nitrogens with zero attached hydrogens (tertiary/aromatic N) is 5. The van der Waals surface area contributed by atoms with Crippen molar-refractivity contribution in [2.75, 3.05) is 47.3 Å². The summed E-state index contributed by atoms with van der Waals surface area (Å²) < 4.78 is 10.6. The van der Waals surface area contributed by atoms with Crippen LogP contribution in [0.4, 0.5) is 11.6 Å². The minimum Gasteiger partial charge on any atom is -0.377 e. The predicted octanol–water partition coefficient (Wildman–Crippen LogP) is 3.20. The fourth-order valence-corrected chi connectivity index (χ4v) is 5.22. The molecule has 39 heavy (non-hydrogen) atoms. The molecule has 0 radical (unpaired) electrons. The average Bonchev–Trinajstić information content (AvgIpc) is 3.57. The van der Waals surface area contributed by atoms with Crippen LogP contribution in [0.15, 0.2) is 94.2 Å². The number of amidine groups is 1. The van der Waals surface area contributed by atoms with E-state index in [0.29, 0.717) is 42.9 Å². The van der Waals surface area contributed by atoms with E-state index in [1.54, 1.807) is 17.1 Å². The Labute approximate surface area is 228 Å². The number of para-hydroxylation sites is 1. The van der Waals surface area contributed by atoms with Gasteiger partial charge < -0.3 is 4.74 Å². The molecule has 0 atom stereocenters. The summed E-state index contributed by atoms with van der Waals surface area (Å²) in [7, 11) is 0. The van der Waals surface area contributed by atoms with Crippen molar-refractivity contribution in [3.05, 3.63) is 90.3 Å². The number of aliphatic imine (C=N–C) groups is 1. The molecule has 1 fully saturated rings. The normalized spacial score (nSPS) is 16.7. The number of ether oxygens (including phenoxy) is 1. The number of carbonyl (C=O) groups is 2. The van der Waals surface area contributed by atoms with Gasteiger partial charge in [0.15, 0.2) is 5.17 Å². The molecule has 0 unspecified atom stereocenters. The lowest BCUT2D eigenvalue weighted by atomic mass is 10.0. The molecular weight excluding hydrogens is 516 g/mol. The summed E-state index contributed by atoms with van der Waals surface area (Å²) in [6, 6.07) is 23.2. The highest BCUT2D eigenvalue weighted by Crippen LogP contribution is 2.30. The van der Waals surface area contributed by atoms with Crippen LogP contribution < -0.4 is 20.0 Å². The third-order valence-electron chi connectivity index (χ3n) is 6.29. The molecule has 1 N–H and O–H groups in total. The standard InChI is InChI=1S/C28H24N6O4S/c35-25(30-26-18-33(31-38-26)32-13-15-37-16-14-32)19-39-28-29-24(27(36)34(28)22-10-2-1-3-11-22)17-21-9-6-8-20-7-4-5-12-23(20)21/h1-12,17-18H,13-16,19H2/p+1/b24-17+. The first-order valence-corrected chi connectivity index (χ1v) is 13.5. The summed E-state index contributed by atoms with van der Waals surface area (Å²) in [4.78, 5) is 34.0. The molecule has 10 nitrogen and oxygen atoms in total. The van der Waals surface area contributed by atoms with Gasteiger partial charge >= 0.3 is 5.88 Å². The molecule has 3 heterocycles. The summed E-state index contributed by atoms with van der Waals surface area (Å²) >= 11 is 1.18. The van der Waals surface area contributed by atoms with Gasteiger partial charge in [-0.3, -0.25) is 24.3 Å². The number of thioether (sulfide) groups is 1. The van der Waals surface area contributed by atoms with Crippen LogP contribution in [0.1, 0.15) is 5.56 Å². The van der Waals surface area contributed by atoms with E-state index in [2.05, 4.69) is 15.6 Å². The number of benzene rings is 3. The van der Waals surface area contributed by atoms with Crippen molar-refractivity contribution < 1.29 is 23.6 Å². The van der Waals surface area contributed by atoms with Gasteiger partial charge in [0, 0.05) is 0 Å². The average molecular weight is 542 g/mol. The Hall–Kier alpha value is -4.48. The van der Waals surface area contributed by atoms with E-state index in [0.717, 1.165) is 16.3 Å². The molecular formula is C28H25N6O4S+. The molecule has 0 bridgehead atoms. The van der Waals surface area contributed by atoms with Crippen molar-refractivity contribution >= 4 is 57.2 Å². The Morgan fingerprint density at radius 2 is 1.79 bits per heavy atom. The SMILES string of the molecule is O=C(CSC1=N/C(=C/c2cccc3ccccc23)C(=O)N1c1ccccc1)Nc1c[n+](N2CCOCC2)no1. The maximum atomic E-state index is 13.5. The largest absolute Gasteiger partial charge is 0.377 e. The number of carbonyl (C=O) groups excluding carboxylic acids is 2. The summed E-state index contributed by atoms with van der Waals surface area (Å²) in [5, 5.41) is 11.2. The lowest BCUT2D eigenvalue weighted by Gasteiger charge is -2.18. The second kappa shape index (κ2) is 11.1. The second-order valence-electron chi connectivity index (χ2n) is 8.86. The molecule has 6 rings (SSSR count). The van der Waals surface area contributed by atoms with Gasteiger partial charge in [0.05, 0.1) is 42.5 Å². The topological polar surface area (TPSA) is 104 Å². The predicted molar refractivity (Wildman–Crippen MR) is 150 cm³/mol. The van der Waals surface area contributed by atoms with E-state index in [1.807, 2.05) is 77.8 Å². The molecule has 4 aromatic rings. The van der Waals surface area contributed by atoms with Crippen LogP contribution in [-0.2, 0) is 14.3 Å². The van der Waals surface area contributed by atoms with Crippen molar-refractivity contribution in [2.24, 2.45) is 4.99 Å². The summed E-state index contributed by atoms with van der Waals surface area (Å²) in [5.74, 6) is -0.304. The van der Waals surface area contributed by atoms with Crippen molar-refractivity contribution in [1.82, 2.24) is 5.27 Å². The number of amides is 2. The maximum absolute atomic E-state index is 13.5. The third kappa shape index (κ3) is 5.40. The van der Waals surface area contributed by atoms with Crippen molar-refractivity contribution in [3.63, 3.8) is 0 Å². The van der Waals surface area contributed by atoms with Crippen LogP contribution in [0.25, 0.3) is 16.8 Å². The molecule has 2 aliphatic rings. The molecule has 1 aromatic heterocycles. The lowest BCUT2D eigenvalue weighted by Crippen LogP contribution is -2.62. The first-order chi connectivity index (χ1) is 19.2. The number of nitrogens with one attached hydrogen (secondary N) is 1. The highest BCUT2D eigenvalue weighted by Gasteiger charge is 2.32. The second-order valence-corrected chi connectivity index (χ2v) is 9.80. The van der Waals surface area contributed by atoms with E-state index in [-0.39, 0.29) is 23.5 Å². The number of aromatic nitrogens is 2. The number of morpholine rings is 1. The van der Waals surface area contributed by atoms with Crippen LogP contribution in [0.3, 0.4) is 0 Å². The monoisotopic (exact) mass is 541 g/mol. The highest BCUT2D eigenvalue weighted by molar-refractivity contribution is 8.14.